The van der Waals surface area contributed by atoms with Crippen LogP contribution in [-0.2, 0) is 0 Å². The molecule has 0 unspecified atom stereocenters. The lowest BCUT2D eigenvalue weighted by Crippen LogP contribution is -1.95. The maximum atomic E-state index is 10.4. The number of nitriles is 2. The molecule has 0 heterocycles. The maximum Gasteiger partial charge on any atom is 0.290 e. The van der Waals surface area contributed by atoms with E-state index < -0.39 is 9.85 Å². The molecule has 2 rings (SSSR count). The van der Waals surface area contributed by atoms with E-state index in [0.717, 1.165) is 6.07 Å². The second-order valence-corrected chi connectivity index (χ2v) is 4.26. The second kappa shape index (κ2) is 8.45. The van der Waals surface area contributed by atoms with E-state index in [4.69, 9.17) is 20.4 Å². The number of ether oxygens (including phenoxy) is 1. The van der Waals surface area contributed by atoms with Gasteiger partial charge in [-0.1, -0.05) is 12.1 Å². The number of nitro benzene ring substituents is 2. The van der Waals surface area contributed by atoms with Crippen LogP contribution in [0.3, 0.4) is 0 Å². The molecular formula is C15H10N4O6. The number of hydrogen-bond acceptors (Lipinski definition) is 8. The summed E-state index contributed by atoms with van der Waals surface area (Å²) in [5.41, 5.74) is -0.961. The zero-order valence-electron chi connectivity index (χ0n) is 12.7. The van der Waals surface area contributed by atoms with E-state index in [1.54, 1.807) is 12.1 Å². The Balaban J connectivity index is 0.000000251. The van der Waals surface area contributed by atoms with Crippen molar-refractivity contribution in [3.63, 3.8) is 0 Å². The lowest BCUT2D eigenvalue weighted by Gasteiger charge is -2.01. The molecular weight excluding hydrogens is 332 g/mol. The number of nitrogens with zero attached hydrogens (tertiary/aromatic N) is 4. The number of rotatable bonds is 3. The van der Waals surface area contributed by atoms with Gasteiger partial charge in [0.1, 0.15) is 23.6 Å². The Bertz CT molecular complexity index is 898. The molecule has 0 aliphatic carbocycles. The molecule has 0 atom stereocenters. The van der Waals surface area contributed by atoms with E-state index in [2.05, 4.69) is 0 Å². The van der Waals surface area contributed by atoms with Crippen LogP contribution in [0.5, 0.6) is 11.5 Å². The summed E-state index contributed by atoms with van der Waals surface area (Å²) in [6.07, 6.45) is 0. The molecule has 1 N–H and O–H groups in total. The third kappa shape index (κ3) is 4.40. The van der Waals surface area contributed by atoms with Gasteiger partial charge in [0, 0.05) is 12.1 Å². The van der Waals surface area contributed by atoms with Gasteiger partial charge in [-0.2, -0.15) is 10.5 Å². The summed E-state index contributed by atoms with van der Waals surface area (Å²) in [6.45, 7) is 0. The van der Waals surface area contributed by atoms with Gasteiger partial charge in [-0.05, 0) is 12.1 Å². The van der Waals surface area contributed by atoms with Gasteiger partial charge >= 0.3 is 0 Å². The Hall–Kier alpha value is -4.18. The minimum Gasteiger partial charge on any atom is -0.506 e. The summed E-state index contributed by atoms with van der Waals surface area (Å²) >= 11 is 0. The first-order chi connectivity index (χ1) is 11.9. The van der Waals surface area contributed by atoms with E-state index in [1.807, 2.05) is 0 Å². The van der Waals surface area contributed by atoms with Crippen molar-refractivity contribution in [3.8, 4) is 23.6 Å². The van der Waals surface area contributed by atoms with Crippen molar-refractivity contribution in [3.05, 3.63) is 67.8 Å². The molecule has 2 aromatic rings. The molecule has 0 aliphatic heterocycles. The van der Waals surface area contributed by atoms with Crippen LogP contribution in [-0.4, -0.2) is 22.1 Å². The molecule has 10 heteroatoms. The van der Waals surface area contributed by atoms with E-state index in [0.29, 0.717) is 0 Å². The molecule has 0 saturated heterocycles. The summed E-state index contributed by atoms with van der Waals surface area (Å²) in [4.78, 5) is 19.4. The van der Waals surface area contributed by atoms with Crippen LogP contribution in [0.25, 0.3) is 0 Å². The minimum atomic E-state index is -0.710. The summed E-state index contributed by atoms with van der Waals surface area (Å²) in [6, 6.07) is 11.2. The second-order valence-electron chi connectivity index (χ2n) is 4.26. The first-order valence-corrected chi connectivity index (χ1v) is 6.45. The molecule has 126 valence electrons. The van der Waals surface area contributed by atoms with Crippen molar-refractivity contribution in [1.82, 2.24) is 0 Å². The lowest BCUT2D eigenvalue weighted by atomic mass is 10.2. The third-order valence-corrected chi connectivity index (χ3v) is 2.86. The van der Waals surface area contributed by atoms with Crippen molar-refractivity contribution >= 4 is 11.4 Å². The zero-order chi connectivity index (χ0) is 19.0. The van der Waals surface area contributed by atoms with Crippen LogP contribution in [0, 0.1) is 42.9 Å². The molecule has 0 amide bonds. The van der Waals surface area contributed by atoms with Crippen LogP contribution in [0.2, 0.25) is 0 Å². The number of hydrogen-bond donors (Lipinski definition) is 1. The van der Waals surface area contributed by atoms with Gasteiger partial charge in [0.2, 0.25) is 0 Å². The Labute approximate surface area is 141 Å². The lowest BCUT2D eigenvalue weighted by molar-refractivity contribution is -0.385. The van der Waals surface area contributed by atoms with Crippen molar-refractivity contribution < 1.29 is 19.7 Å². The third-order valence-electron chi connectivity index (χ3n) is 2.86. The van der Waals surface area contributed by atoms with E-state index >= 15 is 0 Å². The molecule has 0 bridgehead atoms. The van der Waals surface area contributed by atoms with Crippen LogP contribution < -0.4 is 4.74 Å². The van der Waals surface area contributed by atoms with E-state index in [1.165, 1.54) is 37.4 Å². The van der Waals surface area contributed by atoms with Gasteiger partial charge in [-0.25, -0.2) is 0 Å². The summed E-state index contributed by atoms with van der Waals surface area (Å²) < 4.78 is 4.80. The topological polar surface area (TPSA) is 163 Å². The minimum absolute atomic E-state index is 0.0463. The van der Waals surface area contributed by atoms with Crippen molar-refractivity contribution in [1.29, 1.82) is 10.5 Å². The average molecular weight is 342 g/mol. The first-order valence-electron chi connectivity index (χ1n) is 6.45. The van der Waals surface area contributed by atoms with Gasteiger partial charge in [0.05, 0.1) is 17.0 Å². The Morgan fingerprint density at radius 3 is 1.84 bits per heavy atom. The standard InChI is InChI=1S/C8H6N2O3.C7H4N2O3/c1-13-8-4-2-3-7(10(11)12)6(8)5-9;8-4-5-6(9(11)12)2-1-3-7(5)10/h2-4H,1H3;1-3,10H. The highest BCUT2D eigenvalue weighted by Gasteiger charge is 2.17. The zero-order valence-corrected chi connectivity index (χ0v) is 12.7. The van der Waals surface area contributed by atoms with Gasteiger partial charge in [-0.15, -0.1) is 0 Å². The molecule has 2 aromatic carbocycles. The highest BCUT2D eigenvalue weighted by atomic mass is 16.6. The van der Waals surface area contributed by atoms with Crippen molar-refractivity contribution in [2.75, 3.05) is 7.11 Å². The van der Waals surface area contributed by atoms with Gasteiger partial charge < -0.3 is 9.84 Å². The fourth-order valence-corrected chi connectivity index (χ4v) is 1.75. The SMILES string of the molecule is COc1cccc([N+](=O)[O-])c1C#N.N#Cc1c(O)cccc1[N+](=O)[O-]. The molecule has 0 fully saturated rings. The predicted molar refractivity (Wildman–Crippen MR) is 83.8 cm³/mol. The number of benzene rings is 2. The van der Waals surface area contributed by atoms with Crippen molar-refractivity contribution in [2.24, 2.45) is 0 Å². The fourth-order valence-electron chi connectivity index (χ4n) is 1.75. The molecule has 0 spiro atoms. The summed E-state index contributed by atoms with van der Waals surface area (Å²) in [7, 11) is 1.36. The summed E-state index contributed by atoms with van der Waals surface area (Å²) in [5.74, 6) is -0.150. The van der Waals surface area contributed by atoms with E-state index in [-0.39, 0.29) is 34.0 Å². The number of methoxy groups -OCH3 is 1. The predicted octanol–water partition coefficient (Wildman–Crippen LogP) is 2.65. The van der Waals surface area contributed by atoms with Gasteiger partial charge in [0.15, 0.2) is 11.1 Å². The van der Waals surface area contributed by atoms with Crippen molar-refractivity contribution in [2.45, 2.75) is 0 Å². The Kier molecular flexibility index (Phi) is 6.38. The quantitative estimate of drug-likeness (QED) is 0.656. The molecule has 0 radical (unpaired) electrons. The Morgan fingerprint density at radius 2 is 1.44 bits per heavy atom. The number of phenolic OH excluding ortho intramolecular Hbond substituents is 1. The number of nitro groups is 2. The van der Waals surface area contributed by atoms with Crippen LogP contribution in [0.4, 0.5) is 11.4 Å². The van der Waals surface area contributed by atoms with Gasteiger partial charge in [-0.3, -0.25) is 20.2 Å². The van der Waals surface area contributed by atoms with Crippen LogP contribution in [0.15, 0.2) is 36.4 Å². The molecule has 0 saturated carbocycles. The molecule has 0 aromatic heterocycles. The highest BCUT2D eigenvalue weighted by molar-refractivity contribution is 5.57. The largest absolute Gasteiger partial charge is 0.506 e. The monoisotopic (exact) mass is 342 g/mol. The summed E-state index contributed by atoms with van der Waals surface area (Å²) in [5, 5.41) is 46.8. The smallest absolute Gasteiger partial charge is 0.290 e. The van der Waals surface area contributed by atoms with Gasteiger partial charge in [0.25, 0.3) is 11.4 Å². The van der Waals surface area contributed by atoms with Crippen LogP contribution >= 0.6 is 0 Å². The Morgan fingerprint density at radius 1 is 0.960 bits per heavy atom. The molecule has 25 heavy (non-hydrogen) atoms. The van der Waals surface area contributed by atoms with E-state index in [9.17, 15) is 20.2 Å². The van der Waals surface area contributed by atoms with Crippen LogP contribution in [0.1, 0.15) is 11.1 Å². The maximum absolute atomic E-state index is 10.4. The average Bonchev–Trinajstić information content (AvgIpc) is 2.60. The molecule has 0 aliphatic rings. The fraction of sp³-hybridized carbons (Fsp3) is 0.0667. The molecule has 10 nitrogen and oxygen atoms in total. The normalized spacial score (nSPS) is 8.92. The highest BCUT2D eigenvalue weighted by Crippen LogP contribution is 2.27. The first kappa shape index (κ1) is 18.9. The number of aromatic hydroxyl groups is 1. The number of phenols is 1.